The maximum Gasteiger partial charge on any atom is 0.239 e. The molecule has 0 saturated heterocycles. The first-order valence-electron chi connectivity index (χ1n) is 9.43. The zero-order valence-electron chi connectivity index (χ0n) is 16.1. The number of hydrogen-bond acceptors (Lipinski definition) is 5. The molecule has 1 heterocycles. The number of rotatable bonds is 8. The normalized spacial score (nSPS) is 12.9. The van der Waals surface area contributed by atoms with E-state index in [1.165, 1.54) is 4.88 Å². The van der Waals surface area contributed by atoms with Gasteiger partial charge in [-0.3, -0.25) is 14.5 Å². The van der Waals surface area contributed by atoms with Crippen molar-refractivity contribution >= 4 is 28.0 Å². The number of amides is 1. The van der Waals surface area contributed by atoms with E-state index < -0.39 is 0 Å². The van der Waals surface area contributed by atoms with Crippen molar-refractivity contribution in [1.29, 1.82) is 0 Å². The van der Waals surface area contributed by atoms with Gasteiger partial charge in [0.25, 0.3) is 0 Å². The summed E-state index contributed by atoms with van der Waals surface area (Å²) < 4.78 is 5.38. The molecule has 1 N–H and O–H groups in total. The Labute approximate surface area is 164 Å². The summed E-state index contributed by atoms with van der Waals surface area (Å²) in [7, 11) is 1.57. The molecule has 0 bridgehead atoms. The van der Waals surface area contributed by atoms with Crippen molar-refractivity contribution < 1.29 is 14.3 Å². The summed E-state index contributed by atoms with van der Waals surface area (Å²) in [5.41, 5.74) is 2.27. The molecule has 1 aliphatic carbocycles. The van der Waals surface area contributed by atoms with Crippen LogP contribution in [0.5, 0.6) is 5.75 Å². The summed E-state index contributed by atoms with van der Waals surface area (Å²) in [5.74, 6) is 0.401. The molecule has 0 unspecified atom stereocenters. The zero-order chi connectivity index (χ0) is 19.4. The summed E-state index contributed by atoms with van der Waals surface area (Å²) in [4.78, 5) is 29.1. The number of thiophene rings is 1. The minimum atomic E-state index is -0.0787. The van der Waals surface area contributed by atoms with Crippen molar-refractivity contribution in [3.05, 3.63) is 45.8 Å². The van der Waals surface area contributed by atoms with Gasteiger partial charge in [-0.05, 0) is 50.0 Å². The Morgan fingerprint density at radius 3 is 2.63 bits per heavy atom. The zero-order valence-corrected chi connectivity index (χ0v) is 16.9. The van der Waals surface area contributed by atoms with Crippen molar-refractivity contribution in [3.8, 4) is 5.75 Å². The van der Waals surface area contributed by atoms with Crippen molar-refractivity contribution in [2.75, 3.05) is 32.1 Å². The highest BCUT2D eigenvalue weighted by atomic mass is 32.1. The molecule has 0 aliphatic heterocycles. The predicted octanol–water partition coefficient (Wildman–Crippen LogP) is 3.76. The maximum absolute atomic E-state index is 13.3. The Hall–Kier alpha value is -2.18. The molecular formula is C21H26N2O3S. The topological polar surface area (TPSA) is 58.6 Å². The molecule has 3 rings (SSSR count). The van der Waals surface area contributed by atoms with Crippen LogP contribution in [0.15, 0.2) is 24.3 Å². The largest absolute Gasteiger partial charge is 0.496 e. The average Bonchev–Trinajstić information content (AvgIpc) is 3.26. The first-order chi connectivity index (χ1) is 13.1. The SMILES string of the molecule is CCN(CC)CC(=O)Nc1sc2c(c1C(=O)c1ccccc1OC)CCC2. The van der Waals surface area contributed by atoms with E-state index >= 15 is 0 Å². The van der Waals surface area contributed by atoms with Gasteiger partial charge in [0.1, 0.15) is 10.8 Å². The third kappa shape index (κ3) is 4.06. The Balaban J connectivity index is 1.93. The molecule has 1 aromatic heterocycles. The summed E-state index contributed by atoms with van der Waals surface area (Å²) in [6, 6.07) is 7.25. The minimum Gasteiger partial charge on any atom is -0.496 e. The number of para-hydroxylation sites is 1. The molecule has 0 saturated carbocycles. The maximum atomic E-state index is 13.3. The molecule has 27 heavy (non-hydrogen) atoms. The van der Waals surface area contributed by atoms with Crippen molar-refractivity contribution in [2.45, 2.75) is 33.1 Å². The molecule has 1 amide bonds. The molecular weight excluding hydrogens is 360 g/mol. The van der Waals surface area contributed by atoms with Gasteiger partial charge in [-0.2, -0.15) is 0 Å². The third-order valence-corrected chi connectivity index (χ3v) is 6.22. The van der Waals surface area contributed by atoms with Crippen molar-refractivity contribution in [2.24, 2.45) is 0 Å². The first-order valence-corrected chi connectivity index (χ1v) is 10.2. The summed E-state index contributed by atoms with van der Waals surface area (Å²) in [6.07, 6.45) is 2.91. The van der Waals surface area contributed by atoms with Gasteiger partial charge in [0.2, 0.25) is 5.91 Å². The van der Waals surface area contributed by atoms with E-state index in [4.69, 9.17) is 4.74 Å². The molecule has 0 fully saturated rings. The number of fused-ring (bicyclic) bond motifs is 1. The first kappa shape index (κ1) is 19.6. The Morgan fingerprint density at radius 2 is 1.93 bits per heavy atom. The number of ketones is 1. The smallest absolute Gasteiger partial charge is 0.239 e. The number of anilines is 1. The average molecular weight is 387 g/mol. The molecule has 1 aromatic carbocycles. The highest BCUT2D eigenvalue weighted by molar-refractivity contribution is 7.17. The van der Waals surface area contributed by atoms with E-state index in [1.54, 1.807) is 30.6 Å². The number of methoxy groups -OCH3 is 1. The van der Waals surface area contributed by atoms with Crippen LogP contribution in [0.3, 0.4) is 0 Å². The van der Waals surface area contributed by atoms with Gasteiger partial charge in [0, 0.05) is 4.88 Å². The molecule has 144 valence electrons. The lowest BCUT2D eigenvalue weighted by Crippen LogP contribution is -2.33. The quantitative estimate of drug-likeness (QED) is 0.702. The number of likely N-dealkylation sites (N-methyl/N-ethyl adjacent to an activating group) is 1. The fourth-order valence-corrected chi connectivity index (χ4v) is 4.82. The number of carbonyl (C=O) groups excluding carboxylic acids is 2. The Morgan fingerprint density at radius 1 is 1.19 bits per heavy atom. The monoisotopic (exact) mass is 386 g/mol. The number of nitrogens with one attached hydrogen (secondary N) is 1. The third-order valence-electron chi connectivity index (χ3n) is 5.01. The van der Waals surface area contributed by atoms with Crippen LogP contribution in [0.2, 0.25) is 0 Å². The van der Waals surface area contributed by atoms with Crippen LogP contribution in [0, 0.1) is 0 Å². The number of benzene rings is 1. The summed E-state index contributed by atoms with van der Waals surface area (Å²) in [5, 5.41) is 3.68. The lowest BCUT2D eigenvalue weighted by Gasteiger charge is -2.17. The van der Waals surface area contributed by atoms with Gasteiger partial charge in [-0.15, -0.1) is 11.3 Å². The van der Waals surface area contributed by atoms with Crippen molar-refractivity contribution in [3.63, 3.8) is 0 Å². The number of ether oxygens (including phenoxy) is 1. The van der Waals surface area contributed by atoms with Gasteiger partial charge in [-0.25, -0.2) is 0 Å². The van der Waals surface area contributed by atoms with Crippen LogP contribution in [0.4, 0.5) is 5.00 Å². The number of carbonyl (C=O) groups is 2. The number of hydrogen-bond donors (Lipinski definition) is 1. The molecule has 6 heteroatoms. The lowest BCUT2D eigenvalue weighted by atomic mass is 9.99. The highest BCUT2D eigenvalue weighted by Gasteiger charge is 2.29. The van der Waals surface area contributed by atoms with E-state index in [0.717, 1.165) is 37.9 Å². The Kier molecular flexibility index (Phi) is 6.29. The van der Waals surface area contributed by atoms with Gasteiger partial charge < -0.3 is 10.1 Å². The summed E-state index contributed by atoms with van der Waals surface area (Å²) in [6.45, 7) is 6.04. The van der Waals surface area contributed by atoms with Crippen LogP contribution >= 0.6 is 11.3 Å². The Bertz CT molecular complexity index is 840. The van der Waals surface area contributed by atoms with E-state index in [-0.39, 0.29) is 11.7 Å². The van der Waals surface area contributed by atoms with E-state index in [0.29, 0.717) is 28.4 Å². The molecule has 0 atom stereocenters. The van der Waals surface area contributed by atoms with Gasteiger partial charge in [-0.1, -0.05) is 26.0 Å². The second-order valence-corrected chi connectivity index (χ2v) is 7.71. The second kappa shape index (κ2) is 8.67. The van der Waals surface area contributed by atoms with Crippen LogP contribution in [0.1, 0.15) is 46.6 Å². The number of nitrogens with zero attached hydrogens (tertiary/aromatic N) is 1. The highest BCUT2D eigenvalue weighted by Crippen LogP contribution is 2.41. The molecule has 0 spiro atoms. The fraction of sp³-hybridized carbons (Fsp3) is 0.429. The van der Waals surface area contributed by atoms with E-state index in [9.17, 15) is 9.59 Å². The van der Waals surface area contributed by atoms with Gasteiger partial charge in [0.15, 0.2) is 5.78 Å². The van der Waals surface area contributed by atoms with Crippen LogP contribution in [-0.2, 0) is 17.6 Å². The minimum absolute atomic E-state index is 0.0762. The van der Waals surface area contributed by atoms with Gasteiger partial charge >= 0.3 is 0 Å². The van der Waals surface area contributed by atoms with Crippen LogP contribution in [0.25, 0.3) is 0 Å². The van der Waals surface area contributed by atoms with Crippen LogP contribution < -0.4 is 10.1 Å². The fourth-order valence-electron chi connectivity index (χ4n) is 3.52. The molecule has 2 aromatic rings. The van der Waals surface area contributed by atoms with E-state index in [1.807, 2.05) is 26.0 Å². The lowest BCUT2D eigenvalue weighted by molar-refractivity contribution is -0.117. The van der Waals surface area contributed by atoms with Crippen LogP contribution in [-0.4, -0.2) is 43.3 Å². The number of aryl methyl sites for hydroxylation is 1. The predicted molar refractivity (Wildman–Crippen MR) is 109 cm³/mol. The molecule has 5 nitrogen and oxygen atoms in total. The van der Waals surface area contributed by atoms with Gasteiger partial charge in [0.05, 0.1) is 24.8 Å². The molecule has 0 radical (unpaired) electrons. The standard InChI is InChI=1S/C21H26N2O3S/c1-4-23(5-2)13-18(24)22-21-19(15-10-8-12-17(15)27-21)20(25)14-9-6-7-11-16(14)26-3/h6-7,9,11H,4-5,8,10,12-13H2,1-3H3,(H,22,24). The molecule has 1 aliphatic rings. The van der Waals surface area contributed by atoms with Crippen molar-refractivity contribution in [1.82, 2.24) is 4.90 Å². The summed E-state index contributed by atoms with van der Waals surface area (Å²) >= 11 is 1.54. The second-order valence-electron chi connectivity index (χ2n) is 6.60. The van der Waals surface area contributed by atoms with E-state index in [2.05, 4.69) is 10.2 Å².